The predicted octanol–water partition coefficient (Wildman–Crippen LogP) is 3.06. The maximum atomic E-state index is 12.7. The molecule has 1 fully saturated rings. The minimum atomic E-state index is -0.742. The number of carbonyl (C=O) groups excluding carboxylic acids is 2. The van der Waals surface area contributed by atoms with Crippen LogP contribution in [0.25, 0.3) is 11.3 Å². The lowest BCUT2D eigenvalue weighted by atomic mass is 10.0. The first kappa shape index (κ1) is 23.7. The van der Waals surface area contributed by atoms with E-state index in [1.165, 1.54) is 7.05 Å². The highest BCUT2D eigenvalue weighted by atomic mass is 32.1. The van der Waals surface area contributed by atoms with Crippen LogP contribution in [0.15, 0.2) is 29.6 Å². The molecular formula is C23H30N6O2S. The number of piperidine rings is 1. The second kappa shape index (κ2) is 11.1. The normalized spacial score (nSPS) is 15.1. The quantitative estimate of drug-likeness (QED) is 0.418. The zero-order valence-electron chi connectivity index (χ0n) is 18.7. The Kier molecular flexibility index (Phi) is 8.20. The number of nitrogens with zero attached hydrogens (tertiary/aromatic N) is 3. The van der Waals surface area contributed by atoms with E-state index in [9.17, 15) is 9.59 Å². The van der Waals surface area contributed by atoms with Crippen LogP contribution in [0.2, 0.25) is 0 Å². The van der Waals surface area contributed by atoms with Crippen LogP contribution < -0.4 is 16.0 Å². The van der Waals surface area contributed by atoms with Crippen molar-refractivity contribution in [3.8, 4) is 17.5 Å². The monoisotopic (exact) mass is 454 g/mol. The van der Waals surface area contributed by atoms with Gasteiger partial charge in [0, 0.05) is 29.6 Å². The van der Waals surface area contributed by atoms with Gasteiger partial charge in [-0.2, -0.15) is 5.26 Å². The second-order valence-electron chi connectivity index (χ2n) is 8.44. The van der Waals surface area contributed by atoms with E-state index >= 15 is 0 Å². The predicted molar refractivity (Wildman–Crippen MR) is 126 cm³/mol. The Bertz CT molecular complexity index is 960. The molecule has 170 valence electrons. The van der Waals surface area contributed by atoms with Crippen LogP contribution in [0, 0.1) is 17.4 Å². The minimum absolute atomic E-state index is 0.191. The largest absolute Gasteiger partial charge is 0.359 e. The lowest BCUT2D eigenvalue weighted by molar-refractivity contribution is -0.129. The van der Waals surface area contributed by atoms with Gasteiger partial charge < -0.3 is 16.0 Å². The van der Waals surface area contributed by atoms with E-state index in [2.05, 4.69) is 20.9 Å². The van der Waals surface area contributed by atoms with Gasteiger partial charge in [0.15, 0.2) is 11.3 Å². The SMILES string of the molecule is CC(C)C[C@H](NC(=O)c1ccc(-c2csc(NC3CCNCC3)n2)cc1)C(=O)N(C)C#N. The van der Waals surface area contributed by atoms with E-state index in [0.29, 0.717) is 18.0 Å². The minimum Gasteiger partial charge on any atom is -0.359 e. The van der Waals surface area contributed by atoms with Gasteiger partial charge in [-0.15, -0.1) is 11.3 Å². The summed E-state index contributed by atoms with van der Waals surface area (Å²) in [5.74, 6) is -0.563. The number of aromatic nitrogens is 1. The third-order valence-corrected chi connectivity index (χ3v) is 6.18. The summed E-state index contributed by atoms with van der Waals surface area (Å²) in [7, 11) is 1.40. The Morgan fingerprint density at radius 3 is 2.59 bits per heavy atom. The summed E-state index contributed by atoms with van der Waals surface area (Å²) in [5.41, 5.74) is 2.25. The average Bonchev–Trinajstić information content (AvgIpc) is 3.26. The van der Waals surface area contributed by atoms with Gasteiger partial charge in [-0.3, -0.25) is 14.5 Å². The number of anilines is 1. The highest BCUT2D eigenvalue weighted by molar-refractivity contribution is 7.14. The molecule has 2 aromatic rings. The van der Waals surface area contributed by atoms with E-state index in [-0.39, 0.29) is 11.8 Å². The number of thiazole rings is 1. The van der Waals surface area contributed by atoms with Gasteiger partial charge in [0.2, 0.25) is 0 Å². The van der Waals surface area contributed by atoms with Crippen molar-refractivity contribution in [1.82, 2.24) is 20.5 Å². The average molecular weight is 455 g/mol. The molecule has 0 saturated carbocycles. The van der Waals surface area contributed by atoms with Crippen LogP contribution in [0.5, 0.6) is 0 Å². The van der Waals surface area contributed by atoms with Gasteiger partial charge in [0.05, 0.1) is 5.69 Å². The molecule has 1 aromatic carbocycles. The Hall–Kier alpha value is -2.96. The number of hydrogen-bond acceptors (Lipinski definition) is 7. The van der Waals surface area contributed by atoms with Crippen LogP contribution in [0.1, 0.15) is 43.5 Å². The maximum Gasteiger partial charge on any atom is 0.257 e. The van der Waals surface area contributed by atoms with Crippen LogP contribution in [0.3, 0.4) is 0 Å². The summed E-state index contributed by atoms with van der Waals surface area (Å²) in [6.45, 7) is 5.98. The smallest absolute Gasteiger partial charge is 0.257 e. The van der Waals surface area contributed by atoms with Crippen LogP contribution >= 0.6 is 11.3 Å². The number of benzene rings is 1. The molecular weight excluding hydrogens is 424 g/mol. The Labute approximate surface area is 193 Å². The summed E-state index contributed by atoms with van der Waals surface area (Å²) in [6, 6.07) is 6.89. The topological polar surface area (TPSA) is 110 Å². The molecule has 9 heteroatoms. The van der Waals surface area contributed by atoms with Gasteiger partial charge in [0.25, 0.3) is 11.8 Å². The fourth-order valence-electron chi connectivity index (χ4n) is 3.62. The first-order valence-electron chi connectivity index (χ1n) is 10.9. The third kappa shape index (κ3) is 6.28. The first-order valence-corrected chi connectivity index (χ1v) is 11.8. The van der Waals surface area contributed by atoms with Gasteiger partial charge in [-0.25, -0.2) is 4.98 Å². The van der Waals surface area contributed by atoms with Crippen molar-refractivity contribution >= 4 is 28.3 Å². The molecule has 2 heterocycles. The molecule has 0 unspecified atom stereocenters. The fourth-order valence-corrected chi connectivity index (χ4v) is 4.42. The molecule has 0 radical (unpaired) electrons. The van der Waals surface area contributed by atoms with Crippen molar-refractivity contribution in [3.63, 3.8) is 0 Å². The highest BCUT2D eigenvalue weighted by Gasteiger charge is 2.25. The summed E-state index contributed by atoms with van der Waals surface area (Å²) >= 11 is 1.58. The molecule has 1 aliphatic rings. The van der Waals surface area contributed by atoms with Crippen molar-refractivity contribution < 1.29 is 9.59 Å². The van der Waals surface area contributed by atoms with Gasteiger partial charge in [-0.05, 0) is 50.4 Å². The van der Waals surface area contributed by atoms with E-state index in [1.807, 2.05) is 31.4 Å². The lowest BCUT2D eigenvalue weighted by Crippen LogP contribution is -2.46. The zero-order chi connectivity index (χ0) is 23.1. The molecule has 1 saturated heterocycles. The van der Waals surface area contributed by atoms with E-state index in [1.54, 1.807) is 29.7 Å². The summed E-state index contributed by atoms with van der Waals surface area (Å²) < 4.78 is 0. The van der Waals surface area contributed by atoms with Crippen molar-refractivity contribution in [2.45, 2.75) is 45.2 Å². The summed E-state index contributed by atoms with van der Waals surface area (Å²) in [5, 5.41) is 21.6. The fraction of sp³-hybridized carbons (Fsp3) is 0.478. The van der Waals surface area contributed by atoms with Crippen LogP contribution in [0.4, 0.5) is 5.13 Å². The van der Waals surface area contributed by atoms with Gasteiger partial charge in [-0.1, -0.05) is 26.0 Å². The van der Waals surface area contributed by atoms with Crippen molar-refractivity contribution in [2.75, 3.05) is 25.5 Å². The summed E-state index contributed by atoms with van der Waals surface area (Å²) in [4.78, 5) is 30.8. The molecule has 1 atom stereocenters. The molecule has 1 aliphatic heterocycles. The molecule has 0 aliphatic carbocycles. The van der Waals surface area contributed by atoms with Crippen LogP contribution in [-0.2, 0) is 4.79 Å². The van der Waals surface area contributed by atoms with Crippen molar-refractivity contribution in [1.29, 1.82) is 5.26 Å². The van der Waals surface area contributed by atoms with Crippen molar-refractivity contribution in [3.05, 3.63) is 35.2 Å². The van der Waals surface area contributed by atoms with E-state index in [4.69, 9.17) is 5.26 Å². The maximum absolute atomic E-state index is 12.7. The molecule has 1 aromatic heterocycles. The number of hydrogen-bond donors (Lipinski definition) is 3. The first-order chi connectivity index (χ1) is 15.4. The molecule has 3 N–H and O–H groups in total. The summed E-state index contributed by atoms with van der Waals surface area (Å²) in [6.07, 6.45) is 4.43. The molecule has 8 nitrogen and oxygen atoms in total. The third-order valence-electron chi connectivity index (χ3n) is 5.40. The molecule has 0 spiro atoms. The number of nitrogens with one attached hydrogen (secondary N) is 3. The number of nitriles is 1. The Balaban J connectivity index is 1.64. The van der Waals surface area contributed by atoms with Crippen molar-refractivity contribution in [2.24, 2.45) is 5.92 Å². The standard InChI is InChI=1S/C23H30N6O2S/c1-15(2)12-19(22(31)29(3)14-24)27-21(30)17-6-4-16(5-7-17)20-13-32-23(28-20)26-18-8-10-25-11-9-18/h4-7,13,15,18-19,25H,8-12H2,1-3H3,(H,26,28)(H,27,30)/t19-/m0/s1. The molecule has 2 amide bonds. The van der Waals surface area contributed by atoms with Crippen LogP contribution in [-0.4, -0.2) is 53.9 Å². The van der Waals surface area contributed by atoms with E-state index in [0.717, 1.165) is 47.2 Å². The molecule has 0 bridgehead atoms. The number of amides is 2. The Morgan fingerprint density at radius 2 is 1.97 bits per heavy atom. The van der Waals surface area contributed by atoms with E-state index < -0.39 is 11.9 Å². The Morgan fingerprint density at radius 1 is 1.28 bits per heavy atom. The zero-order valence-corrected chi connectivity index (χ0v) is 19.5. The molecule has 32 heavy (non-hydrogen) atoms. The number of carbonyl (C=O) groups is 2. The number of rotatable bonds is 8. The molecule has 3 rings (SSSR count). The highest BCUT2D eigenvalue weighted by Crippen LogP contribution is 2.26. The second-order valence-corrected chi connectivity index (χ2v) is 9.29. The van der Waals surface area contributed by atoms with Gasteiger partial charge in [0.1, 0.15) is 6.04 Å². The van der Waals surface area contributed by atoms with Gasteiger partial charge >= 0.3 is 0 Å². The number of likely N-dealkylation sites (N-methyl/N-ethyl adjacent to an activating group) is 1. The lowest BCUT2D eigenvalue weighted by Gasteiger charge is -2.23.